The lowest BCUT2D eigenvalue weighted by Gasteiger charge is -2.14. The zero-order valence-corrected chi connectivity index (χ0v) is 9.45. The fourth-order valence-corrected chi connectivity index (χ4v) is 1.68. The number of anilines is 1. The molecule has 1 aromatic heterocycles. The van der Waals surface area contributed by atoms with Gasteiger partial charge in [0.2, 0.25) is 0 Å². The second kappa shape index (κ2) is 4.33. The minimum absolute atomic E-state index is 0.568. The third-order valence-corrected chi connectivity index (χ3v) is 2.67. The van der Waals surface area contributed by atoms with Crippen LogP contribution in [0.5, 0.6) is 0 Å². The summed E-state index contributed by atoms with van der Waals surface area (Å²) < 4.78 is 27.6. The molecule has 0 spiro atoms. The fourth-order valence-electron chi connectivity index (χ4n) is 1.68. The van der Waals surface area contributed by atoms with Gasteiger partial charge in [-0.2, -0.15) is 0 Å². The van der Waals surface area contributed by atoms with Gasteiger partial charge in [-0.25, -0.2) is 8.78 Å². The highest BCUT2D eigenvalue weighted by Crippen LogP contribution is 2.21. The number of hydrogen-bond donors (Lipinski definition) is 2. The second-order valence-corrected chi connectivity index (χ2v) is 4.07. The molecule has 0 bridgehead atoms. The maximum atomic E-state index is 12.8. The van der Waals surface area contributed by atoms with Crippen molar-refractivity contribution in [3.63, 3.8) is 0 Å². The molecule has 2 N–H and O–H groups in total. The Labute approximate surface area is 97.7 Å². The van der Waals surface area contributed by atoms with Gasteiger partial charge in [-0.3, -0.25) is 0 Å². The predicted octanol–water partition coefficient (Wildman–Crippen LogP) is 2.22. The van der Waals surface area contributed by atoms with Gasteiger partial charge in [0.05, 0.1) is 6.54 Å². The number of nitrogens with zero attached hydrogens (tertiary/aromatic N) is 1. The molecule has 2 aromatic rings. The number of aliphatic hydroxyl groups excluding tert-OH is 1. The first-order chi connectivity index (χ1) is 8.02. The highest BCUT2D eigenvalue weighted by atomic mass is 19.3. The van der Waals surface area contributed by atoms with Gasteiger partial charge in [-0.05, 0) is 24.3 Å². The van der Waals surface area contributed by atoms with Crippen molar-refractivity contribution >= 4 is 16.6 Å². The molecule has 1 aromatic carbocycles. The highest BCUT2D eigenvalue weighted by Gasteiger charge is 2.27. The minimum atomic E-state index is -3.09. The third kappa shape index (κ3) is 2.55. The van der Waals surface area contributed by atoms with E-state index < -0.39 is 19.1 Å². The van der Waals surface area contributed by atoms with Crippen LogP contribution < -0.4 is 5.32 Å². The largest absolute Gasteiger partial charge is 0.390 e. The van der Waals surface area contributed by atoms with Crippen LogP contribution in [0.15, 0.2) is 30.5 Å². The Balaban J connectivity index is 2.15. The van der Waals surface area contributed by atoms with Crippen molar-refractivity contribution in [1.82, 2.24) is 4.57 Å². The predicted molar refractivity (Wildman–Crippen MR) is 63.4 cm³/mol. The molecule has 0 aliphatic heterocycles. The van der Waals surface area contributed by atoms with E-state index in [-0.39, 0.29) is 0 Å². The Hall–Kier alpha value is -1.62. The average Bonchev–Trinajstić information content (AvgIpc) is 2.68. The molecule has 0 saturated carbocycles. The number of benzene rings is 1. The normalized spacial score (nSPS) is 12.0. The lowest BCUT2D eigenvalue weighted by Crippen LogP contribution is -2.30. The molecule has 0 atom stereocenters. The van der Waals surface area contributed by atoms with Crippen molar-refractivity contribution in [2.75, 3.05) is 18.5 Å². The standard InChI is InChI=1S/C12H14F2N2O/c1-16-5-4-9-6-10(2-3-11(9)16)15-7-12(13,14)8-17/h2-6,15,17H,7-8H2,1H3. The maximum Gasteiger partial charge on any atom is 0.287 e. The molecule has 0 amide bonds. The number of aromatic nitrogens is 1. The van der Waals surface area contributed by atoms with Gasteiger partial charge in [-0.15, -0.1) is 0 Å². The molecule has 1 heterocycles. The average molecular weight is 240 g/mol. The van der Waals surface area contributed by atoms with E-state index in [0.29, 0.717) is 5.69 Å². The molecule has 92 valence electrons. The van der Waals surface area contributed by atoms with Crippen LogP contribution in [0.25, 0.3) is 10.9 Å². The highest BCUT2D eigenvalue weighted by molar-refractivity contribution is 5.83. The van der Waals surface area contributed by atoms with Gasteiger partial charge >= 0.3 is 0 Å². The van der Waals surface area contributed by atoms with Gasteiger partial charge < -0.3 is 15.0 Å². The van der Waals surface area contributed by atoms with Crippen molar-refractivity contribution in [1.29, 1.82) is 0 Å². The number of aryl methyl sites for hydroxylation is 1. The van der Waals surface area contributed by atoms with E-state index >= 15 is 0 Å². The SMILES string of the molecule is Cn1ccc2cc(NCC(F)(F)CO)ccc21. The Bertz CT molecular complexity index is 522. The van der Waals surface area contributed by atoms with Crippen LogP contribution in [0.2, 0.25) is 0 Å². The molecule has 0 aliphatic rings. The number of hydrogen-bond acceptors (Lipinski definition) is 2. The molecular weight excluding hydrogens is 226 g/mol. The monoisotopic (exact) mass is 240 g/mol. The molecule has 0 fully saturated rings. The molecule has 0 radical (unpaired) electrons. The van der Waals surface area contributed by atoms with Crippen LogP contribution in [-0.4, -0.2) is 28.7 Å². The van der Waals surface area contributed by atoms with Crippen molar-refractivity contribution in [3.05, 3.63) is 30.5 Å². The Morgan fingerprint density at radius 1 is 1.35 bits per heavy atom. The van der Waals surface area contributed by atoms with Gasteiger partial charge in [0.1, 0.15) is 6.61 Å². The quantitative estimate of drug-likeness (QED) is 0.859. The number of alkyl halides is 2. The van der Waals surface area contributed by atoms with Crippen molar-refractivity contribution < 1.29 is 13.9 Å². The first-order valence-electron chi connectivity index (χ1n) is 5.29. The topological polar surface area (TPSA) is 37.2 Å². The molecule has 5 heteroatoms. The minimum Gasteiger partial charge on any atom is -0.390 e. The zero-order valence-electron chi connectivity index (χ0n) is 9.45. The summed E-state index contributed by atoms with van der Waals surface area (Å²) in [5, 5.41) is 12.1. The first kappa shape index (κ1) is 11.9. The van der Waals surface area contributed by atoms with E-state index in [9.17, 15) is 8.78 Å². The van der Waals surface area contributed by atoms with Gasteiger partial charge in [0.25, 0.3) is 5.92 Å². The summed E-state index contributed by atoms with van der Waals surface area (Å²) in [5.41, 5.74) is 1.67. The lowest BCUT2D eigenvalue weighted by molar-refractivity contribution is -0.0372. The number of fused-ring (bicyclic) bond motifs is 1. The zero-order chi connectivity index (χ0) is 12.5. The van der Waals surface area contributed by atoms with Crippen LogP contribution in [0.3, 0.4) is 0 Å². The van der Waals surface area contributed by atoms with Crippen LogP contribution in [0.4, 0.5) is 14.5 Å². The summed E-state index contributed by atoms with van der Waals surface area (Å²) in [5.74, 6) is -3.09. The van der Waals surface area contributed by atoms with E-state index in [4.69, 9.17) is 5.11 Å². The van der Waals surface area contributed by atoms with Gasteiger partial charge in [-0.1, -0.05) is 0 Å². The Morgan fingerprint density at radius 3 is 2.82 bits per heavy atom. The first-order valence-corrected chi connectivity index (χ1v) is 5.29. The maximum absolute atomic E-state index is 12.8. The summed E-state index contributed by atoms with van der Waals surface area (Å²) in [6.45, 7) is -1.71. The summed E-state index contributed by atoms with van der Waals surface area (Å²) in [4.78, 5) is 0. The van der Waals surface area contributed by atoms with E-state index in [1.165, 1.54) is 0 Å². The Kier molecular flexibility index (Phi) is 3.02. The van der Waals surface area contributed by atoms with Crippen LogP contribution in [-0.2, 0) is 7.05 Å². The summed E-state index contributed by atoms with van der Waals surface area (Å²) in [6.07, 6.45) is 1.91. The molecule has 0 unspecified atom stereocenters. The van der Waals surface area contributed by atoms with Crippen molar-refractivity contribution in [3.8, 4) is 0 Å². The van der Waals surface area contributed by atoms with E-state index in [2.05, 4.69) is 5.32 Å². The van der Waals surface area contributed by atoms with Crippen LogP contribution in [0.1, 0.15) is 0 Å². The van der Waals surface area contributed by atoms with E-state index in [0.717, 1.165) is 10.9 Å². The van der Waals surface area contributed by atoms with Crippen molar-refractivity contribution in [2.45, 2.75) is 5.92 Å². The number of aliphatic hydroxyl groups is 1. The number of halogens is 2. The van der Waals surface area contributed by atoms with Gasteiger partial charge in [0.15, 0.2) is 0 Å². The van der Waals surface area contributed by atoms with Crippen molar-refractivity contribution in [2.24, 2.45) is 7.05 Å². The molecule has 2 rings (SSSR count). The second-order valence-electron chi connectivity index (χ2n) is 4.07. The summed E-state index contributed by atoms with van der Waals surface area (Å²) in [7, 11) is 1.93. The lowest BCUT2D eigenvalue weighted by atomic mass is 10.2. The Morgan fingerprint density at radius 2 is 2.12 bits per heavy atom. The fraction of sp³-hybridized carbons (Fsp3) is 0.333. The summed E-state index contributed by atoms with van der Waals surface area (Å²) in [6, 6.07) is 7.35. The molecule has 17 heavy (non-hydrogen) atoms. The molecule has 3 nitrogen and oxygen atoms in total. The molecule has 0 saturated heterocycles. The molecule has 0 aliphatic carbocycles. The summed E-state index contributed by atoms with van der Waals surface area (Å²) >= 11 is 0. The third-order valence-electron chi connectivity index (χ3n) is 2.67. The van der Waals surface area contributed by atoms with Crippen LogP contribution in [0, 0.1) is 0 Å². The molecular formula is C12H14F2N2O. The van der Waals surface area contributed by atoms with Gasteiger partial charge in [0, 0.05) is 29.8 Å². The number of nitrogens with one attached hydrogen (secondary N) is 1. The van der Waals surface area contributed by atoms with E-state index in [1.807, 2.05) is 36.0 Å². The van der Waals surface area contributed by atoms with E-state index in [1.54, 1.807) is 6.07 Å². The smallest absolute Gasteiger partial charge is 0.287 e. The van der Waals surface area contributed by atoms with Crippen LogP contribution >= 0.6 is 0 Å². The number of rotatable bonds is 4.